The molecule has 1 N–H and O–H groups in total. The van der Waals surface area contributed by atoms with Gasteiger partial charge in [0.15, 0.2) is 0 Å². The second-order valence-corrected chi connectivity index (χ2v) is 6.35. The van der Waals surface area contributed by atoms with Gasteiger partial charge in [-0.1, -0.05) is 13.8 Å². The van der Waals surface area contributed by atoms with Gasteiger partial charge in [-0.3, -0.25) is 4.98 Å². The number of aryl methyl sites for hydroxylation is 2. The van der Waals surface area contributed by atoms with Gasteiger partial charge in [0.2, 0.25) is 0 Å². The molecular weight excluding hydrogens is 262 g/mol. The molecule has 1 unspecified atom stereocenters. The van der Waals surface area contributed by atoms with Crippen molar-refractivity contribution in [2.45, 2.75) is 39.7 Å². The molecule has 0 fully saturated rings. The molecule has 2 rings (SSSR count). The van der Waals surface area contributed by atoms with Crippen LogP contribution in [0.5, 0.6) is 0 Å². The zero-order valence-electron chi connectivity index (χ0n) is 11.1. The summed E-state index contributed by atoms with van der Waals surface area (Å²) < 4.78 is 0. The zero-order chi connectivity index (χ0) is 13.0. The third-order valence-electron chi connectivity index (χ3n) is 2.83. The van der Waals surface area contributed by atoms with E-state index in [0.717, 1.165) is 19.4 Å². The second kappa shape index (κ2) is 6.41. The predicted molar refractivity (Wildman–Crippen MR) is 78.5 cm³/mol. The summed E-state index contributed by atoms with van der Waals surface area (Å²) in [6.07, 6.45) is 4.08. The van der Waals surface area contributed by atoms with Gasteiger partial charge in [-0.05, 0) is 26.3 Å². The van der Waals surface area contributed by atoms with Gasteiger partial charge >= 0.3 is 0 Å². The van der Waals surface area contributed by atoms with Crippen molar-refractivity contribution >= 4 is 22.7 Å². The van der Waals surface area contributed by atoms with Gasteiger partial charge < -0.3 is 5.32 Å². The maximum Gasteiger partial charge on any atom is 0.116 e. The van der Waals surface area contributed by atoms with Crippen LogP contribution < -0.4 is 5.32 Å². The van der Waals surface area contributed by atoms with Crippen LogP contribution >= 0.6 is 22.7 Å². The molecule has 0 saturated carbocycles. The average molecular weight is 281 g/mol. The fourth-order valence-corrected chi connectivity index (χ4v) is 3.74. The molecule has 2 aromatic heterocycles. The lowest BCUT2D eigenvalue weighted by atomic mass is 10.2. The Bertz CT molecular complexity index is 476. The third kappa shape index (κ3) is 2.96. The van der Waals surface area contributed by atoms with Crippen LogP contribution in [0, 0.1) is 6.92 Å². The molecule has 98 valence electrons. The van der Waals surface area contributed by atoms with Gasteiger partial charge in [0.1, 0.15) is 5.01 Å². The number of thiazole rings is 2. The summed E-state index contributed by atoms with van der Waals surface area (Å²) in [6, 6.07) is 0.210. The number of nitrogens with one attached hydrogen (secondary N) is 1. The Balaban J connectivity index is 2.27. The van der Waals surface area contributed by atoms with E-state index < -0.39 is 0 Å². The molecule has 0 bridgehead atoms. The zero-order valence-corrected chi connectivity index (χ0v) is 12.7. The first-order valence-electron chi connectivity index (χ1n) is 6.34. The number of hydrogen-bond acceptors (Lipinski definition) is 5. The van der Waals surface area contributed by atoms with Crippen LogP contribution in [0.15, 0.2) is 11.7 Å². The highest BCUT2D eigenvalue weighted by Crippen LogP contribution is 2.30. The Kier molecular flexibility index (Phi) is 4.86. The molecule has 0 aliphatic carbocycles. The first kappa shape index (κ1) is 13.6. The Morgan fingerprint density at radius 3 is 2.78 bits per heavy atom. The van der Waals surface area contributed by atoms with Gasteiger partial charge in [-0.2, -0.15) is 0 Å². The number of hydrogen-bond donors (Lipinski definition) is 1. The molecule has 0 saturated heterocycles. The Morgan fingerprint density at radius 1 is 1.39 bits per heavy atom. The smallest absolute Gasteiger partial charge is 0.116 e. The second-order valence-electron chi connectivity index (χ2n) is 4.20. The minimum absolute atomic E-state index is 0.210. The highest BCUT2D eigenvalue weighted by Gasteiger charge is 2.19. The Hall–Kier alpha value is -0.780. The molecule has 0 aromatic carbocycles. The molecule has 5 heteroatoms. The monoisotopic (exact) mass is 281 g/mol. The first-order valence-corrected chi connectivity index (χ1v) is 8.03. The standard InChI is InChI=1S/C13H19N3S2/c1-4-6-15-12(11-7-14-8-17-11)13-16-10(5-2)9(3)18-13/h7-8,12,15H,4-6H2,1-3H3. The Labute approximate surface area is 116 Å². The number of nitrogens with zero attached hydrogens (tertiary/aromatic N) is 2. The van der Waals surface area contributed by atoms with E-state index in [1.807, 2.05) is 11.7 Å². The molecule has 2 aromatic rings. The third-order valence-corrected chi connectivity index (χ3v) is 4.74. The summed E-state index contributed by atoms with van der Waals surface area (Å²) in [5.74, 6) is 0. The number of aromatic nitrogens is 2. The van der Waals surface area contributed by atoms with E-state index in [1.54, 1.807) is 22.7 Å². The molecule has 0 spiro atoms. The van der Waals surface area contributed by atoms with Crippen LogP contribution in [0.2, 0.25) is 0 Å². The van der Waals surface area contributed by atoms with E-state index in [-0.39, 0.29) is 6.04 Å². The maximum atomic E-state index is 4.77. The molecule has 2 heterocycles. The fraction of sp³-hybridized carbons (Fsp3) is 0.538. The van der Waals surface area contributed by atoms with Crippen molar-refractivity contribution in [2.75, 3.05) is 6.54 Å². The van der Waals surface area contributed by atoms with E-state index in [2.05, 4.69) is 31.1 Å². The van der Waals surface area contributed by atoms with Crippen molar-refractivity contribution in [3.05, 3.63) is 32.2 Å². The van der Waals surface area contributed by atoms with Gasteiger partial charge in [0, 0.05) is 16.0 Å². The average Bonchev–Trinajstić information content (AvgIpc) is 3.00. The molecule has 18 heavy (non-hydrogen) atoms. The molecule has 0 aliphatic rings. The minimum atomic E-state index is 0.210. The van der Waals surface area contributed by atoms with Crippen molar-refractivity contribution < 1.29 is 0 Å². The normalized spacial score (nSPS) is 12.8. The first-order chi connectivity index (χ1) is 8.76. The van der Waals surface area contributed by atoms with Crippen molar-refractivity contribution in [1.29, 1.82) is 0 Å². The van der Waals surface area contributed by atoms with Gasteiger partial charge in [-0.25, -0.2) is 4.98 Å². The van der Waals surface area contributed by atoms with Crippen molar-refractivity contribution in [3.8, 4) is 0 Å². The van der Waals surface area contributed by atoms with Crippen molar-refractivity contribution in [2.24, 2.45) is 0 Å². The summed E-state index contributed by atoms with van der Waals surface area (Å²) in [7, 11) is 0. The molecule has 0 radical (unpaired) electrons. The maximum absolute atomic E-state index is 4.77. The Morgan fingerprint density at radius 2 is 2.22 bits per heavy atom. The van der Waals surface area contributed by atoms with Crippen LogP contribution in [0.4, 0.5) is 0 Å². The highest BCUT2D eigenvalue weighted by atomic mass is 32.1. The lowest BCUT2D eigenvalue weighted by Crippen LogP contribution is -2.22. The van der Waals surface area contributed by atoms with Crippen molar-refractivity contribution in [3.63, 3.8) is 0 Å². The van der Waals surface area contributed by atoms with E-state index in [0.29, 0.717) is 0 Å². The lowest BCUT2D eigenvalue weighted by molar-refractivity contribution is 0.601. The fourth-order valence-electron chi connectivity index (χ4n) is 1.87. The molecule has 0 amide bonds. The largest absolute Gasteiger partial charge is 0.304 e. The van der Waals surface area contributed by atoms with E-state index in [9.17, 15) is 0 Å². The summed E-state index contributed by atoms with van der Waals surface area (Å²) in [5, 5.41) is 4.74. The summed E-state index contributed by atoms with van der Waals surface area (Å²) in [4.78, 5) is 11.5. The minimum Gasteiger partial charge on any atom is -0.304 e. The SMILES string of the molecule is CCCNC(c1cncs1)c1nc(CC)c(C)s1. The van der Waals surface area contributed by atoms with E-state index >= 15 is 0 Å². The number of rotatable bonds is 6. The van der Waals surface area contributed by atoms with E-state index in [1.165, 1.54) is 20.5 Å². The molecule has 0 aliphatic heterocycles. The molecule has 1 atom stereocenters. The summed E-state index contributed by atoms with van der Waals surface area (Å²) >= 11 is 3.49. The molecule has 3 nitrogen and oxygen atoms in total. The van der Waals surface area contributed by atoms with Crippen LogP contribution in [0.25, 0.3) is 0 Å². The van der Waals surface area contributed by atoms with E-state index in [4.69, 9.17) is 4.98 Å². The van der Waals surface area contributed by atoms with Gasteiger partial charge in [0.25, 0.3) is 0 Å². The lowest BCUT2D eigenvalue weighted by Gasteiger charge is -2.13. The summed E-state index contributed by atoms with van der Waals surface area (Å²) in [6.45, 7) is 7.50. The predicted octanol–water partition coefficient (Wildman–Crippen LogP) is 3.56. The van der Waals surface area contributed by atoms with Crippen LogP contribution in [0.3, 0.4) is 0 Å². The quantitative estimate of drug-likeness (QED) is 0.879. The van der Waals surface area contributed by atoms with Gasteiger partial charge in [-0.15, -0.1) is 22.7 Å². The van der Waals surface area contributed by atoms with Crippen LogP contribution in [-0.4, -0.2) is 16.5 Å². The van der Waals surface area contributed by atoms with Crippen LogP contribution in [-0.2, 0) is 6.42 Å². The molecular formula is C13H19N3S2. The summed E-state index contributed by atoms with van der Waals surface area (Å²) in [5.41, 5.74) is 3.11. The van der Waals surface area contributed by atoms with Crippen LogP contribution in [0.1, 0.15) is 46.8 Å². The van der Waals surface area contributed by atoms with Crippen molar-refractivity contribution in [1.82, 2.24) is 15.3 Å². The van der Waals surface area contributed by atoms with Gasteiger partial charge in [0.05, 0.1) is 17.2 Å². The highest BCUT2D eigenvalue weighted by molar-refractivity contribution is 7.12. The topological polar surface area (TPSA) is 37.8 Å².